The van der Waals surface area contributed by atoms with E-state index in [0.29, 0.717) is 31.9 Å². The van der Waals surface area contributed by atoms with Crippen molar-refractivity contribution in [2.24, 2.45) is 5.92 Å². The SMILES string of the molecule is CN1CC[C@@H](CNC(=O)c2ccc(N3C(=S)N(c4cnc(C#N)c(C(F)(F)F)c4)C(=O)C34CCC4)cc2F)C1. The Labute approximate surface area is 227 Å². The summed E-state index contributed by atoms with van der Waals surface area (Å²) >= 11 is 5.54. The largest absolute Gasteiger partial charge is 0.419 e. The highest BCUT2D eigenvalue weighted by molar-refractivity contribution is 7.81. The highest BCUT2D eigenvalue weighted by atomic mass is 32.1. The van der Waals surface area contributed by atoms with Crippen molar-refractivity contribution in [3.05, 3.63) is 53.1 Å². The van der Waals surface area contributed by atoms with Crippen LogP contribution in [0.5, 0.6) is 0 Å². The third-order valence-electron chi connectivity index (χ3n) is 7.63. The van der Waals surface area contributed by atoms with Gasteiger partial charge in [0.1, 0.15) is 17.4 Å². The summed E-state index contributed by atoms with van der Waals surface area (Å²) in [5.41, 5.74) is -3.49. The summed E-state index contributed by atoms with van der Waals surface area (Å²) < 4.78 is 55.9. The van der Waals surface area contributed by atoms with E-state index in [-0.39, 0.29) is 28.0 Å². The van der Waals surface area contributed by atoms with E-state index in [4.69, 9.17) is 17.5 Å². The van der Waals surface area contributed by atoms with Gasteiger partial charge in [-0.25, -0.2) is 9.37 Å². The number of amides is 2. The number of likely N-dealkylation sites (tertiary alicyclic amines) is 1. The van der Waals surface area contributed by atoms with Crippen LogP contribution in [0.15, 0.2) is 30.5 Å². The van der Waals surface area contributed by atoms with E-state index in [1.165, 1.54) is 23.1 Å². The van der Waals surface area contributed by atoms with Crippen LogP contribution >= 0.6 is 12.2 Å². The van der Waals surface area contributed by atoms with Crippen LogP contribution in [0, 0.1) is 23.1 Å². The second-order valence-electron chi connectivity index (χ2n) is 10.1. The van der Waals surface area contributed by atoms with Gasteiger partial charge in [-0.05, 0) is 81.7 Å². The van der Waals surface area contributed by atoms with Crippen molar-refractivity contribution >= 4 is 40.5 Å². The molecule has 2 amide bonds. The minimum atomic E-state index is -4.88. The summed E-state index contributed by atoms with van der Waals surface area (Å²) in [5, 5.41) is 11.7. The predicted octanol–water partition coefficient (Wildman–Crippen LogP) is 3.85. The number of nitrogens with one attached hydrogen (secondary N) is 1. The van der Waals surface area contributed by atoms with E-state index in [1.54, 1.807) is 0 Å². The summed E-state index contributed by atoms with van der Waals surface area (Å²) in [6, 6.07) is 5.98. The molecule has 0 radical (unpaired) electrons. The van der Waals surface area contributed by atoms with Crippen molar-refractivity contribution in [1.82, 2.24) is 15.2 Å². The number of carbonyl (C=O) groups is 2. The zero-order valence-electron chi connectivity index (χ0n) is 20.9. The molecule has 5 rings (SSSR count). The number of pyridine rings is 1. The fourth-order valence-corrected chi connectivity index (χ4v) is 5.91. The second kappa shape index (κ2) is 9.84. The van der Waals surface area contributed by atoms with Crippen molar-refractivity contribution in [2.45, 2.75) is 37.4 Å². The number of hydrogen-bond donors (Lipinski definition) is 1. The average Bonchev–Trinajstić information content (AvgIpc) is 3.38. The molecule has 1 aromatic carbocycles. The quantitative estimate of drug-likeness (QED) is 0.439. The lowest BCUT2D eigenvalue weighted by molar-refractivity contribution is -0.138. The lowest BCUT2D eigenvalue weighted by Gasteiger charge is -2.43. The molecular formula is C26H24F4N6O2S. The topological polar surface area (TPSA) is 92.6 Å². The Morgan fingerprint density at radius 1 is 1.28 bits per heavy atom. The zero-order valence-corrected chi connectivity index (χ0v) is 21.7. The molecule has 2 aliphatic heterocycles. The Hall–Kier alpha value is -3.63. The normalized spacial score (nSPS) is 20.9. The molecule has 1 spiro atoms. The van der Waals surface area contributed by atoms with Gasteiger partial charge >= 0.3 is 6.18 Å². The van der Waals surface area contributed by atoms with Crippen LogP contribution in [0.25, 0.3) is 0 Å². The molecule has 204 valence electrons. The smallest absolute Gasteiger partial charge is 0.352 e. The van der Waals surface area contributed by atoms with Crippen LogP contribution in [0.4, 0.5) is 28.9 Å². The van der Waals surface area contributed by atoms with E-state index >= 15 is 4.39 Å². The summed E-state index contributed by atoms with van der Waals surface area (Å²) in [7, 11) is 2.00. The molecule has 13 heteroatoms. The minimum absolute atomic E-state index is 0.138. The number of nitriles is 1. The van der Waals surface area contributed by atoms with Crippen molar-refractivity contribution < 1.29 is 27.2 Å². The van der Waals surface area contributed by atoms with Gasteiger partial charge in [-0.1, -0.05) is 0 Å². The van der Waals surface area contributed by atoms with Gasteiger partial charge in [-0.3, -0.25) is 14.5 Å². The lowest BCUT2D eigenvalue weighted by Crippen LogP contribution is -2.55. The van der Waals surface area contributed by atoms with E-state index in [0.717, 1.165) is 36.7 Å². The number of rotatable bonds is 5. The Morgan fingerprint density at radius 3 is 2.59 bits per heavy atom. The summed E-state index contributed by atoms with van der Waals surface area (Å²) in [6.45, 7) is 2.21. The van der Waals surface area contributed by atoms with Gasteiger partial charge in [0.15, 0.2) is 10.8 Å². The van der Waals surface area contributed by atoms with Gasteiger partial charge in [-0.2, -0.15) is 18.4 Å². The summed E-state index contributed by atoms with van der Waals surface area (Å²) in [5.74, 6) is -1.64. The van der Waals surface area contributed by atoms with Crippen LogP contribution in [0.3, 0.4) is 0 Å². The van der Waals surface area contributed by atoms with Gasteiger partial charge in [-0.15, -0.1) is 0 Å². The molecule has 0 unspecified atom stereocenters. The Kier molecular flexibility index (Phi) is 6.80. The maximum absolute atomic E-state index is 15.2. The van der Waals surface area contributed by atoms with Gasteiger partial charge in [0, 0.05) is 18.8 Å². The molecule has 1 aromatic heterocycles. The molecule has 1 saturated carbocycles. The van der Waals surface area contributed by atoms with Crippen LogP contribution in [-0.2, 0) is 11.0 Å². The molecule has 8 nitrogen and oxygen atoms in total. The number of anilines is 2. The van der Waals surface area contributed by atoms with Crippen LogP contribution in [0.1, 0.15) is 47.3 Å². The van der Waals surface area contributed by atoms with Crippen molar-refractivity contribution in [3.63, 3.8) is 0 Å². The first-order valence-electron chi connectivity index (χ1n) is 12.4. The molecule has 2 saturated heterocycles. The van der Waals surface area contributed by atoms with Crippen LogP contribution < -0.4 is 15.1 Å². The molecule has 3 aliphatic rings. The van der Waals surface area contributed by atoms with E-state index in [2.05, 4.69) is 15.2 Å². The number of thiocarbonyl (C=S) groups is 1. The molecule has 1 atom stereocenters. The monoisotopic (exact) mass is 560 g/mol. The first kappa shape index (κ1) is 27.0. The number of aromatic nitrogens is 1. The molecule has 3 heterocycles. The Bertz CT molecular complexity index is 1400. The fraction of sp³-hybridized carbons (Fsp3) is 0.423. The number of halogens is 4. The Balaban J connectivity index is 1.43. The maximum atomic E-state index is 15.2. The molecular weight excluding hydrogens is 536 g/mol. The van der Waals surface area contributed by atoms with Crippen LogP contribution in [-0.4, -0.2) is 59.0 Å². The second-order valence-corrected chi connectivity index (χ2v) is 10.5. The molecule has 2 aromatic rings. The number of alkyl halides is 3. The molecule has 1 aliphatic carbocycles. The molecule has 0 bridgehead atoms. The predicted molar refractivity (Wildman–Crippen MR) is 137 cm³/mol. The van der Waals surface area contributed by atoms with Crippen molar-refractivity contribution in [3.8, 4) is 6.07 Å². The number of carbonyl (C=O) groups excluding carboxylic acids is 2. The van der Waals surface area contributed by atoms with E-state index < -0.39 is 40.6 Å². The first-order valence-corrected chi connectivity index (χ1v) is 12.8. The highest BCUT2D eigenvalue weighted by Gasteiger charge is 2.60. The number of hydrogen-bond acceptors (Lipinski definition) is 6. The fourth-order valence-electron chi connectivity index (χ4n) is 5.44. The van der Waals surface area contributed by atoms with Gasteiger partial charge in [0.25, 0.3) is 11.8 Å². The average molecular weight is 561 g/mol. The Morgan fingerprint density at radius 2 is 2.03 bits per heavy atom. The summed E-state index contributed by atoms with van der Waals surface area (Å²) in [4.78, 5) is 34.4. The van der Waals surface area contributed by atoms with Crippen LogP contribution in [0.2, 0.25) is 0 Å². The standard InChI is InChI=1S/C26H24F4N6O2S/c1-34-8-5-15(14-34)12-33-22(37)18-4-3-16(10-20(18)27)36-24(39)35(23(38)25(36)6-2-7-25)17-9-19(26(28,29)30)21(11-31)32-13-17/h3-4,9-10,13,15H,2,5-8,12,14H2,1H3,(H,33,37)/t15-/m0/s1. The maximum Gasteiger partial charge on any atom is 0.419 e. The van der Waals surface area contributed by atoms with E-state index in [1.807, 2.05) is 7.05 Å². The minimum Gasteiger partial charge on any atom is -0.352 e. The number of nitrogens with zero attached hydrogens (tertiary/aromatic N) is 5. The van der Waals surface area contributed by atoms with E-state index in [9.17, 15) is 22.8 Å². The third kappa shape index (κ3) is 4.61. The first-order chi connectivity index (χ1) is 18.5. The zero-order chi connectivity index (χ0) is 28.1. The molecule has 3 fully saturated rings. The number of benzene rings is 1. The van der Waals surface area contributed by atoms with Crippen molar-refractivity contribution in [1.29, 1.82) is 5.26 Å². The summed E-state index contributed by atoms with van der Waals surface area (Å²) in [6.07, 6.45) is -1.56. The molecule has 1 N–H and O–H groups in total. The van der Waals surface area contributed by atoms with Gasteiger partial charge in [0.05, 0.1) is 23.0 Å². The highest BCUT2D eigenvalue weighted by Crippen LogP contribution is 2.48. The third-order valence-corrected chi connectivity index (χ3v) is 8.00. The van der Waals surface area contributed by atoms with Gasteiger partial charge in [0.2, 0.25) is 0 Å². The molecule has 39 heavy (non-hydrogen) atoms. The lowest BCUT2D eigenvalue weighted by atomic mass is 9.75. The van der Waals surface area contributed by atoms with Gasteiger partial charge < -0.3 is 15.1 Å². The van der Waals surface area contributed by atoms with Crippen molar-refractivity contribution in [2.75, 3.05) is 36.5 Å².